The Morgan fingerprint density at radius 3 is 2.27 bits per heavy atom. The normalized spacial score (nSPS) is 19.8. The first-order valence-electron chi connectivity index (χ1n) is 6.11. The van der Waals surface area contributed by atoms with Crippen LogP contribution >= 0.6 is 0 Å². The predicted molar refractivity (Wildman–Crippen MR) is 62.0 cm³/mol. The van der Waals surface area contributed by atoms with Crippen LogP contribution in [-0.2, 0) is 4.74 Å². The summed E-state index contributed by atoms with van der Waals surface area (Å²) in [5.41, 5.74) is -0.507. The molecule has 0 unspecified atom stereocenters. The van der Waals surface area contributed by atoms with Crippen molar-refractivity contribution in [3.63, 3.8) is 0 Å². The Balaban J connectivity index is 2.41. The van der Waals surface area contributed by atoms with Gasteiger partial charge in [0, 0.05) is 25.8 Å². The number of rotatable bonds is 5. The van der Waals surface area contributed by atoms with Gasteiger partial charge in [-0.3, -0.25) is 0 Å². The second-order valence-corrected chi connectivity index (χ2v) is 4.69. The Morgan fingerprint density at radius 2 is 1.80 bits per heavy atom. The molecule has 1 saturated heterocycles. The van der Waals surface area contributed by atoms with Crippen molar-refractivity contribution in [3.8, 4) is 0 Å². The molecule has 0 aliphatic carbocycles. The highest BCUT2D eigenvalue weighted by atomic mass is 16.5. The van der Waals surface area contributed by atoms with Gasteiger partial charge in [-0.2, -0.15) is 0 Å². The third-order valence-corrected chi connectivity index (χ3v) is 3.67. The van der Waals surface area contributed by atoms with Crippen LogP contribution < -0.4 is 0 Å². The number of likely N-dealkylation sites (N-methyl/N-ethyl adjacent to an activating group) is 1. The molecule has 3 heteroatoms. The lowest BCUT2D eigenvalue weighted by molar-refractivity contribution is -0.0262. The van der Waals surface area contributed by atoms with Crippen LogP contribution in [0.3, 0.4) is 0 Å². The molecule has 1 heterocycles. The van der Waals surface area contributed by atoms with Crippen LogP contribution in [0.1, 0.15) is 39.5 Å². The van der Waals surface area contributed by atoms with E-state index in [2.05, 4.69) is 25.8 Å². The molecule has 0 aromatic heterocycles. The van der Waals surface area contributed by atoms with Gasteiger partial charge in [-0.1, -0.05) is 13.8 Å². The van der Waals surface area contributed by atoms with Crippen molar-refractivity contribution in [2.45, 2.75) is 51.2 Å². The molecule has 1 aliphatic heterocycles. The third kappa shape index (κ3) is 3.74. The minimum absolute atomic E-state index is 0.507. The van der Waals surface area contributed by atoms with E-state index in [4.69, 9.17) is 4.74 Å². The van der Waals surface area contributed by atoms with Crippen molar-refractivity contribution in [1.29, 1.82) is 0 Å². The van der Waals surface area contributed by atoms with Crippen LogP contribution in [0.25, 0.3) is 0 Å². The molecule has 15 heavy (non-hydrogen) atoms. The van der Waals surface area contributed by atoms with Crippen LogP contribution in [0, 0.1) is 0 Å². The molecular weight excluding hydrogens is 190 g/mol. The molecule has 0 aromatic carbocycles. The van der Waals surface area contributed by atoms with Gasteiger partial charge in [0.15, 0.2) is 0 Å². The number of hydrogen-bond donors (Lipinski definition) is 1. The lowest BCUT2D eigenvalue weighted by Gasteiger charge is -2.37. The summed E-state index contributed by atoms with van der Waals surface area (Å²) in [6.45, 7) is 6.63. The van der Waals surface area contributed by atoms with Gasteiger partial charge >= 0.3 is 0 Å². The van der Waals surface area contributed by atoms with Gasteiger partial charge in [0.25, 0.3) is 0 Å². The molecule has 0 bridgehead atoms. The Bertz CT molecular complexity index is 174. The molecule has 0 spiro atoms. The first kappa shape index (κ1) is 12.9. The number of aliphatic hydroxyl groups is 1. The summed E-state index contributed by atoms with van der Waals surface area (Å²) in [7, 11) is 2.12. The van der Waals surface area contributed by atoms with E-state index in [9.17, 15) is 5.11 Å². The fourth-order valence-corrected chi connectivity index (χ4v) is 2.19. The molecule has 1 fully saturated rings. The second kappa shape index (κ2) is 5.83. The highest BCUT2D eigenvalue weighted by Gasteiger charge is 2.28. The Morgan fingerprint density at radius 1 is 1.27 bits per heavy atom. The number of nitrogens with zero attached hydrogens (tertiary/aromatic N) is 1. The Labute approximate surface area is 93.4 Å². The van der Waals surface area contributed by atoms with Crippen molar-refractivity contribution >= 4 is 0 Å². The first-order valence-corrected chi connectivity index (χ1v) is 6.11. The fourth-order valence-electron chi connectivity index (χ4n) is 2.19. The van der Waals surface area contributed by atoms with E-state index in [-0.39, 0.29) is 0 Å². The second-order valence-electron chi connectivity index (χ2n) is 4.69. The van der Waals surface area contributed by atoms with Gasteiger partial charge in [0.2, 0.25) is 0 Å². The zero-order valence-corrected chi connectivity index (χ0v) is 10.3. The minimum Gasteiger partial charge on any atom is -0.389 e. The average molecular weight is 215 g/mol. The maximum absolute atomic E-state index is 10.3. The van der Waals surface area contributed by atoms with E-state index >= 15 is 0 Å². The number of hydrogen-bond acceptors (Lipinski definition) is 3. The van der Waals surface area contributed by atoms with Crippen LogP contribution in [0.5, 0.6) is 0 Å². The van der Waals surface area contributed by atoms with E-state index in [0.717, 1.165) is 45.4 Å². The maximum atomic E-state index is 10.3. The van der Waals surface area contributed by atoms with E-state index in [1.165, 1.54) is 0 Å². The molecule has 0 atom stereocenters. The van der Waals surface area contributed by atoms with E-state index in [1.807, 2.05) is 0 Å². The van der Waals surface area contributed by atoms with Crippen LogP contribution in [0.15, 0.2) is 0 Å². The summed E-state index contributed by atoms with van der Waals surface area (Å²) in [4.78, 5) is 2.30. The van der Waals surface area contributed by atoms with Gasteiger partial charge < -0.3 is 14.7 Å². The van der Waals surface area contributed by atoms with Gasteiger partial charge in [-0.25, -0.2) is 0 Å². The van der Waals surface area contributed by atoms with Gasteiger partial charge in [0.1, 0.15) is 0 Å². The summed E-state index contributed by atoms with van der Waals surface area (Å²) < 4.78 is 5.34. The monoisotopic (exact) mass is 215 g/mol. The van der Waals surface area contributed by atoms with E-state index in [1.54, 1.807) is 0 Å². The topological polar surface area (TPSA) is 32.7 Å². The lowest BCUT2D eigenvalue weighted by Crippen LogP contribution is -2.46. The zero-order valence-electron chi connectivity index (χ0n) is 10.3. The first-order chi connectivity index (χ1) is 7.11. The standard InChI is InChI=1S/C12H25NO2/c1-4-12(14,5-2)10-13(3)11-6-8-15-9-7-11/h11,14H,4-10H2,1-3H3. The summed E-state index contributed by atoms with van der Waals surface area (Å²) in [6.07, 6.45) is 3.86. The van der Waals surface area contributed by atoms with Crippen molar-refractivity contribution < 1.29 is 9.84 Å². The molecule has 0 saturated carbocycles. The van der Waals surface area contributed by atoms with E-state index in [0.29, 0.717) is 6.04 Å². The lowest BCUT2D eigenvalue weighted by atomic mass is 9.95. The summed E-state index contributed by atoms with van der Waals surface area (Å²) in [6, 6.07) is 0.586. The van der Waals surface area contributed by atoms with Crippen molar-refractivity contribution in [3.05, 3.63) is 0 Å². The molecule has 3 nitrogen and oxygen atoms in total. The largest absolute Gasteiger partial charge is 0.389 e. The highest BCUT2D eigenvalue weighted by Crippen LogP contribution is 2.20. The highest BCUT2D eigenvalue weighted by molar-refractivity contribution is 4.82. The number of ether oxygens (including phenoxy) is 1. The van der Waals surface area contributed by atoms with Gasteiger partial charge in [-0.15, -0.1) is 0 Å². The molecule has 0 amide bonds. The van der Waals surface area contributed by atoms with Crippen molar-refractivity contribution in [2.24, 2.45) is 0 Å². The summed E-state index contributed by atoms with van der Waals surface area (Å²) in [5, 5.41) is 10.3. The average Bonchev–Trinajstić information content (AvgIpc) is 2.30. The molecule has 0 radical (unpaired) electrons. The Kier molecular flexibility index (Phi) is 5.03. The van der Waals surface area contributed by atoms with Crippen molar-refractivity contribution in [2.75, 3.05) is 26.8 Å². The molecule has 90 valence electrons. The fraction of sp³-hybridized carbons (Fsp3) is 1.00. The molecular formula is C12H25NO2. The maximum Gasteiger partial charge on any atom is 0.0768 e. The van der Waals surface area contributed by atoms with Gasteiger partial charge in [-0.05, 0) is 32.7 Å². The molecule has 1 N–H and O–H groups in total. The smallest absolute Gasteiger partial charge is 0.0768 e. The van der Waals surface area contributed by atoms with Gasteiger partial charge in [0.05, 0.1) is 5.60 Å². The van der Waals surface area contributed by atoms with Crippen LogP contribution in [0.2, 0.25) is 0 Å². The van der Waals surface area contributed by atoms with Crippen LogP contribution in [0.4, 0.5) is 0 Å². The quantitative estimate of drug-likeness (QED) is 0.757. The zero-order chi connectivity index (χ0) is 11.3. The van der Waals surface area contributed by atoms with Crippen molar-refractivity contribution in [1.82, 2.24) is 4.90 Å². The summed E-state index contributed by atoms with van der Waals surface area (Å²) >= 11 is 0. The molecule has 0 aromatic rings. The molecule has 1 rings (SSSR count). The van der Waals surface area contributed by atoms with E-state index < -0.39 is 5.60 Å². The van der Waals surface area contributed by atoms with Crippen LogP contribution in [-0.4, -0.2) is 48.5 Å². The predicted octanol–water partition coefficient (Wildman–Crippen LogP) is 1.65. The minimum atomic E-state index is -0.507. The SMILES string of the molecule is CCC(O)(CC)CN(C)C1CCOCC1. The molecule has 1 aliphatic rings. The summed E-state index contributed by atoms with van der Waals surface area (Å²) in [5.74, 6) is 0. The third-order valence-electron chi connectivity index (χ3n) is 3.67. The Hall–Kier alpha value is -0.120.